The lowest BCUT2D eigenvalue weighted by atomic mass is 9.82. The van der Waals surface area contributed by atoms with Gasteiger partial charge in [-0.05, 0) is 92.4 Å². The van der Waals surface area contributed by atoms with Crippen LogP contribution in [0.3, 0.4) is 0 Å². The van der Waals surface area contributed by atoms with E-state index in [-0.39, 0.29) is 0 Å². The average molecular weight is 447 g/mol. The first kappa shape index (κ1) is 20.2. The summed E-state index contributed by atoms with van der Waals surface area (Å²) in [6, 6.07) is 38.5. The van der Waals surface area contributed by atoms with E-state index < -0.39 is 0 Å². The molecule has 0 bridgehead atoms. The standard InChI is InChI=1S/C35H26/c1-21-11-16-24(17-12-21)31-27-7-4-5-8-28(27)32(25-18-13-22(2)14-19-25)35-30-20-15-23(3)26-9-6-10-29(33(26)30)34(31)35/h4-20H,1-3H3. The number of hydrogen-bond donors (Lipinski definition) is 0. The molecule has 1 aliphatic rings. The predicted octanol–water partition coefficient (Wildman–Crippen LogP) is 9.90. The van der Waals surface area contributed by atoms with Gasteiger partial charge < -0.3 is 0 Å². The highest BCUT2D eigenvalue weighted by molar-refractivity contribution is 6.27. The lowest BCUT2D eigenvalue weighted by molar-refractivity contribution is 1.47. The lowest BCUT2D eigenvalue weighted by Crippen LogP contribution is -1.93. The number of fused-ring (bicyclic) bond motifs is 4. The summed E-state index contributed by atoms with van der Waals surface area (Å²) in [4.78, 5) is 0. The van der Waals surface area contributed by atoms with Gasteiger partial charge in [0.25, 0.3) is 0 Å². The SMILES string of the molecule is Cc1ccc(-c2c3c(c(-c4ccc(C)cc4)c4ccccc24)-c2ccc(C)c4cccc-3c24)cc1. The summed E-state index contributed by atoms with van der Waals surface area (Å²) in [6.07, 6.45) is 0. The van der Waals surface area contributed by atoms with Crippen molar-refractivity contribution in [2.75, 3.05) is 0 Å². The molecule has 0 aromatic heterocycles. The van der Waals surface area contributed by atoms with Crippen LogP contribution in [0.1, 0.15) is 16.7 Å². The minimum atomic E-state index is 1.28. The van der Waals surface area contributed by atoms with Crippen molar-refractivity contribution < 1.29 is 0 Å². The van der Waals surface area contributed by atoms with E-state index >= 15 is 0 Å². The number of hydrogen-bond acceptors (Lipinski definition) is 0. The Bertz CT molecular complexity index is 1680. The molecule has 1 aliphatic carbocycles. The molecule has 7 rings (SSSR count). The third kappa shape index (κ3) is 2.87. The highest BCUT2D eigenvalue weighted by atomic mass is 14.3. The zero-order chi connectivity index (χ0) is 23.7. The molecule has 0 aliphatic heterocycles. The Morgan fingerprint density at radius 3 is 1.40 bits per heavy atom. The second-order valence-electron chi connectivity index (χ2n) is 9.94. The average Bonchev–Trinajstić information content (AvgIpc) is 3.21. The molecule has 0 amide bonds. The molecule has 0 fully saturated rings. The molecule has 0 saturated carbocycles. The van der Waals surface area contributed by atoms with Crippen LogP contribution in [0.4, 0.5) is 0 Å². The fourth-order valence-electron chi connectivity index (χ4n) is 5.99. The van der Waals surface area contributed by atoms with E-state index in [4.69, 9.17) is 0 Å². The van der Waals surface area contributed by atoms with Crippen molar-refractivity contribution in [2.24, 2.45) is 0 Å². The molecular formula is C35H26. The molecule has 0 nitrogen and oxygen atoms in total. The van der Waals surface area contributed by atoms with Crippen LogP contribution in [0.2, 0.25) is 0 Å². The Balaban J connectivity index is 1.74. The maximum absolute atomic E-state index is 2.35. The van der Waals surface area contributed by atoms with Crippen molar-refractivity contribution in [3.63, 3.8) is 0 Å². The maximum atomic E-state index is 2.35. The van der Waals surface area contributed by atoms with Gasteiger partial charge >= 0.3 is 0 Å². The van der Waals surface area contributed by atoms with E-state index in [0.29, 0.717) is 0 Å². The van der Waals surface area contributed by atoms with Gasteiger partial charge in [0.1, 0.15) is 0 Å². The predicted molar refractivity (Wildman–Crippen MR) is 151 cm³/mol. The van der Waals surface area contributed by atoms with Gasteiger partial charge in [0.05, 0.1) is 0 Å². The first-order chi connectivity index (χ1) is 17.1. The topological polar surface area (TPSA) is 0 Å². The molecule has 0 heteroatoms. The van der Waals surface area contributed by atoms with Gasteiger partial charge in [0, 0.05) is 0 Å². The quantitative estimate of drug-likeness (QED) is 0.248. The third-order valence-corrected chi connectivity index (χ3v) is 7.69. The zero-order valence-corrected chi connectivity index (χ0v) is 20.3. The number of rotatable bonds is 2. The van der Waals surface area contributed by atoms with E-state index in [9.17, 15) is 0 Å². The molecule has 0 unspecified atom stereocenters. The molecule has 0 heterocycles. The molecule has 0 radical (unpaired) electrons. The molecule has 6 aromatic carbocycles. The van der Waals surface area contributed by atoms with Crippen molar-refractivity contribution in [3.05, 3.63) is 120 Å². The maximum Gasteiger partial charge on any atom is -0.000741 e. The normalized spacial score (nSPS) is 11.9. The fourth-order valence-corrected chi connectivity index (χ4v) is 5.99. The molecule has 35 heavy (non-hydrogen) atoms. The van der Waals surface area contributed by atoms with E-state index in [1.165, 1.54) is 82.7 Å². The summed E-state index contributed by atoms with van der Waals surface area (Å²) in [5.74, 6) is 0. The van der Waals surface area contributed by atoms with Gasteiger partial charge in [-0.25, -0.2) is 0 Å². The number of benzene rings is 6. The van der Waals surface area contributed by atoms with Crippen molar-refractivity contribution in [1.29, 1.82) is 0 Å². The number of aryl methyl sites for hydroxylation is 3. The van der Waals surface area contributed by atoms with Crippen LogP contribution in [-0.2, 0) is 0 Å². The smallest absolute Gasteiger partial charge is 0.000741 e. The van der Waals surface area contributed by atoms with E-state index in [2.05, 4.69) is 124 Å². The Kier molecular flexibility index (Phi) is 4.29. The van der Waals surface area contributed by atoms with Gasteiger partial charge in [0.2, 0.25) is 0 Å². The van der Waals surface area contributed by atoms with Crippen molar-refractivity contribution in [3.8, 4) is 44.5 Å². The van der Waals surface area contributed by atoms with Crippen molar-refractivity contribution in [1.82, 2.24) is 0 Å². The Labute approximate surface area is 206 Å². The molecule has 166 valence electrons. The zero-order valence-electron chi connectivity index (χ0n) is 20.3. The second kappa shape index (κ2) is 7.42. The highest BCUT2D eigenvalue weighted by Crippen LogP contribution is 2.57. The highest BCUT2D eigenvalue weighted by Gasteiger charge is 2.30. The van der Waals surface area contributed by atoms with Crippen LogP contribution in [-0.4, -0.2) is 0 Å². The summed E-state index contributed by atoms with van der Waals surface area (Å²) in [7, 11) is 0. The molecule has 0 saturated heterocycles. The minimum absolute atomic E-state index is 1.28. The minimum Gasteiger partial charge on any atom is -0.0616 e. The van der Waals surface area contributed by atoms with Crippen LogP contribution in [0, 0.1) is 20.8 Å². The summed E-state index contributed by atoms with van der Waals surface area (Å²) >= 11 is 0. The lowest BCUT2D eigenvalue weighted by Gasteiger charge is -2.20. The molecule has 0 N–H and O–H groups in total. The molecule has 0 spiro atoms. The van der Waals surface area contributed by atoms with Gasteiger partial charge in [-0.2, -0.15) is 0 Å². The Morgan fingerprint density at radius 1 is 0.371 bits per heavy atom. The van der Waals surface area contributed by atoms with Crippen LogP contribution < -0.4 is 0 Å². The Morgan fingerprint density at radius 2 is 0.857 bits per heavy atom. The molecule has 6 aromatic rings. The largest absolute Gasteiger partial charge is 0.0616 e. The summed E-state index contributed by atoms with van der Waals surface area (Å²) < 4.78 is 0. The molecular weight excluding hydrogens is 420 g/mol. The van der Waals surface area contributed by atoms with Crippen molar-refractivity contribution >= 4 is 21.5 Å². The van der Waals surface area contributed by atoms with Crippen LogP contribution in [0.25, 0.3) is 66.1 Å². The second-order valence-corrected chi connectivity index (χ2v) is 9.94. The monoisotopic (exact) mass is 446 g/mol. The van der Waals surface area contributed by atoms with E-state index in [1.54, 1.807) is 0 Å². The Hall–Kier alpha value is -4.16. The summed E-state index contributed by atoms with van der Waals surface area (Å²) in [5, 5.41) is 5.36. The van der Waals surface area contributed by atoms with Gasteiger partial charge in [-0.1, -0.05) is 114 Å². The van der Waals surface area contributed by atoms with E-state index in [0.717, 1.165) is 0 Å². The first-order valence-corrected chi connectivity index (χ1v) is 12.4. The van der Waals surface area contributed by atoms with Gasteiger partial charge in [0.15, 0.2) is 0 Å². The van der Waals surface area contributed by atoms with Crippen molar-refractivity contribution in [2.45, 2.75) is 20.8 Å². The van der Waals surface area contributed by atoms with Crippen LogP contribution >= 0.6 is 0 Å². The fraction of sp³-hybridized carbons (Fsp3) is 0.0857. The summed E-state index contributed by atoms with van der Waals surface area (Å²) in [5.41, 5.74) is 14.6. The first-order valence-electron chi connectivity index (χ1n) is 12.4. The third-order valence-electron chi connectivity index (χ3n) is 7.69. The molecule has 0 atom stereocenters. The van der Waals surface area contributed by atoms with Crippen LogP contribution in [0.5, 0.6) is 0 Å². The van der Waals surface area contributed by atoms with E-state index in [1.807, 2.05) is 0 Å². The van der Waals surface area contributed by atoms with Crippen LogP contribution in [0.15, 0.2) is 103 Å². The van der Waals surface area contributed by atoms with Gasteiger partial charge in [-0.3, -0.25) is 0 Å². The van der Waals surface area contributed by atoms with Gasteiger partial charge in [-0.15, -0.1) is 0 Å². The summed E-state index contributed by atoms with van der Waals surface area (Å²) in [6.45, 7) is 6.54.